The number of halogens is 3. The molecule has 0 bridgehead atoms. The SMILES string of the molecule is C=CCC(Cc1ccc(C(=O)OC)cc1)(C(C)=O)C(F)(F)F. The minimum Gasteiger partial charge on any atom is -0.465 e. The summed E-state index contributed by atoms with van der Waals surface area (Å²) in [6.45, 7) is 4.25. The Morgan fingerprint density at radius 1 is 1.23 bits per heavy atom. The van der Waals surface area contributed by atoms with Crippen LogP contribution in [0.1, 0.15) is 29.3 Å². The van der Waals surface area contributed by atoms with E-state index in [9.17, 15) is 22.8 Å². The van der Waals surface area contributed by atoms with Gasteiger partial charge < -0.3 is 4.74 Å². The Labute approximate surface area is 126 Å². The van der Waals surface area contributed by atoms with Gasteiger partial charge in [0.25, 0.3) is 0 Å². The van der Waals surface area contributed by atoms with Crippen molar-refractivity contribution in [2.75, 3.05) is 7.11 Å². The molecule has 0 radical (unpaired) electrons. The Balaban J connectivity index is 3.17. The van der Waals surface area contributed by atoms with Gasteiger partial charge in [-0.05, 0) is 37.5 Å². The first-order valence-electron chi connectivity index (χ1n) is 6.54. The number of alkyl halides is 3. The van der Waals surface area contributed by atoms with Gasteiger partial charge in [0.15, 0.2) is 0 Å². The molecule has 0 spiro atoms. The number of allylic oxidation sites excluding steroid dienone is 1. The second-order valence-electron chi connectivity index (χ2n) is 4.99. The molecule has 0 amide bonds. The van der Waals surface area contributed by atoms with Gasteiger partial charge in [0.1, 0.15) is 11.2 Å². The molecular formula is C16H17F3O3. The third-order valence-corrected chi connectivity index (χ3v) is 3.59. The first-order chi connectivity index (χ1) is 10.2. The monoisotopic (exact) mass is 314 g/mol. The molecule has 1 aromatic rings. The molecule has 1 atom stereocenters. The Hall–Kier alpha value is -2.11. The molecule has 0 saturated carbocycles. The van der Waals surface area contributed by atoms with Crippen LogP contribution in [0, 0.1) is 5.41 Å². The number of Topliss-reactive ketones (excluding diaryl/α,β-unsaturated/α-hetero) is 1. The maximum absolute atomic E-state index is 13.4. The zero-order chi connectivity index (χ0) is 17.0. The lowest BCUT2D eigenvalue weighted by Crippen LogP contribution is -2.45. The summed E-state index contributed by atoms with van der Waals surface area (Å²) in [5, 5.41) is 0. The second-order valence-corrected chi connectivity index (χ2v) is 4.99. The number of hydrogen-bond acceptors (Lipinski definition) is 3. The average molecular weight is 314 g/mol. The van der Waals surface area contributed by atoms with Crippen molar-refractivity contribution in [3.8, 4) is 0 Å². The quantitative estimate of drug-likeness (QED) is 0.593. The third kappa shape index (κ3) is 3.55. The largest absolute Gasteiger partial charge is 0.465 e. The number of hydrogen-bond donors (Lipinski definition) is 0. The van der Waals surface area contributed by atoms with E-state index in [1.54, 1.807) is 0 Å². The summed E-state index contributed by atoms with van der Waals surface area (Å²) in [6, 6.07) is 5.52. The van der Waals surface area contributed by atoms with E-state index < -0.39 is 36.2 Å². The van der Waals surface area contributed by atoms with E-state index in [-0.39, 0.29) is 5.56 Å². The van der Waals surface area contributed by atoms with Crippen molar-refractivity contribution in [1.82, 2.24) is 0 Å². The molecule has 1 rings (SSSR count). The van der Waals surface area contributed by atoms with Gasteiger partial charge in [-0.15, -0.1) is 6.58 Å². The first-order valence-corrected chi connectivity index (χ1v) is 6.54. The lowest BCUT2D eigenvalue weighted by atomic mass is 9.74. The molecule has 1 unspecified atom stereocenters. The normalized spacial score (nSPS) is 14.0. The highest BCUT2D eigenvalue weighted by Crippen LogP contribution is 2.45. The Kier molecular flexibility index (Phi) is 5.52. The van der Waals surface area contributed by atoms with Crippen LogP contribution in [0.15, 0.2) is 36.9 Å². The van der Waals surface area contributed by atoms with Crippen LogP contribution in [0.2, 0.25) is 0 Å². The number of ether oxygens (including phenoxy) is 1. The molecule has 0 aromatic heterocycles. The molecule has 0 aliphatic carbocycles. The van der Waals surface area contributed by atoms with Crippen LogP contribution in [-0.2, 0) is 16.0 Å². The number of carbonyl (C=O) groups is 2. The van der Waals surface area contributed by atoms with Gasteiger partial charge in [0, 0.05) is 0 Å². The van der Waals surface area contributed by atoms with E-state index in [0.717, 1.165) is 13.0 Å². The summed E-state index contributed by atoms with van der Waals surface area (Å²) >= 11 is 0. The number of benzene rings is 1. The fraction of sp³-hybridized carbons (Fsp3) is 0.375. The van der Waals surface area contributed by atoms with Gasteiger partial charge in [0.2, 0.25) is 0 Å². The first kappa shape index (κ1) is 17.9. The predicted molar refractivity (Wildman–Crippen MR) is 75.5 cm³/mol. The zero-order valence-corrected chi connectivity index (χ0v) is 12.4. The van der Waals surface area contributed by atoms with Crippen LogP contribution in [0.25, 0.3) is 0 Å². The lowest BCUT2D eigenvalue weighted by molar-refractivity contribution is -0.218. The summed E-state index contributed by atoms with van der Waals surface area (Å²) in [6.07, 6.45) is -4.59. The van der Waals surface area contributed by atoms with Gasteiger partial charge in [-0.3, -0.25) is 4.79 Å². The Morgan fingerprint density at radius 2 is 1.77 bits per heavy atom. The molecular weight excluding hydrogens is 297 g/mol. The van der Waals surface area contributed by atoms with Gasteiger partial charge in [-0.25, -0.2) is 4.79 Å². The molecule has 0 heterocycles. The number of carbonyl (C=O) groups excluding carboxylic acids is 2. The van der Waals surface area contributed by atoms with E-state index in [0.29, 0.717) is 5.56 Å². The molecule has 0 saturated heterocycles. The predicted octanol–water partition coefficient (Wildman–Crippen LogP) is 3.73. The van der Waals surface area contributed by atoms with E-state index in [2.05, 4.69) is 11.3 Å². The summed E-state index contributed by atoms with van der Waals surface area (Å²) in [5.74, 6) is -1.54. The second kappa shape index (κ2) is 6.77. The maximum Gasteiger partial charge on any atom is 0.401 e. The van der Waals surface area contributed by atoms with Crippen molar-refractivity contribution < 1.29 is 27.5 Å². The van der Waals surface area contributed by atoms with E-state index in [4.69, 9.17) is 0 Å². The van der Waals surface area contributed by atoms with Crippen molar-refractivity contribution in [3.05, 3.63) is 48.0 Å². The standard InChI is InChI=1S/C16H17F3O3/c1-4-9-15(11(2)20,16(17,18)19)10-12-5-7-13(8-6-12)14(21)22-3/h4-8H,1,9-10H2,2-3H3. The fourth-order valence-corrected chi connectivity index (χ4v) is 2.23. The van der Waals surface area contributed by atoms with Crippen LogP contribution in [-0.4, -0.2) is 25.0 Å². The average Bonchev–Trinajstić information content (AvgIpc) is 2.45. The highest BCUT2D eigenvalue weighted by molar-refractivity contribution is 5.89. The molecule has 6 heteroatoms. The Bertz CT molecular complexity index is 561. The van der Waals surface area contributed by atoms with Crippen molar-refractivity contribution in [2.24, 2.45) is 5.41 Å². The van der Waals surface area contributed by atoms with E-state index in [1.807, 2.05) is 0 Å². The minimum atomic E-state index is -4.69. The number of ketones is 1. The number of rotatable bonds is 6. The van der Waals surface area contributed by atoms with Crippen LogP contribution in [0.3, 0.4) is 0 Å². The fourth-order valence-electron chi connectivity index (χ4n) is 2.23. The number of esters is 1. The molecule has 120 valence electrons. The number of methoxy groups -OCH3 is 1. The zero-order valence-electron chi connectivity index (χ0n) is 12.4. The van der Waals surface area contributed by atoms with Gasteiger partial charge in [-0.1, -0.05) is 18.2 Å². The lowest BCUT2D eigenvalue weighted by Gasteiger charge is -2.32. The third-order valence-electron chi connectivity index (χ3n) is 3.59. The van der Waals surface area contributed by atoms with Crippen LogP contribution < -0.4 is 0 Å². The topological polar surface area (TPSA) is 43.4 Å². The van der Waals surface area contributed by atoms with Crippen molar-refractivity contribution in [1.29, 1.82) is 0 Å². The minimum absolute atomic E-state index is 0.232. The summed E-state index contributed by atoms with van der Waals surface area (Å²) in [4.78, 5) is 23.0. The summed E-state index contributed by atoms with van der Waals surface area (Å²) in [7, 11) is 1.21. The highest BCUT2D eigenvalue weighted by Gasteiger charge is 2.57. The van der Waals surface area contributed by atoms with Crippen molar-refractivity contribution in [2.45, 2.75) is 25.9 Å². The van der Waals surface area contributed by atoms with Crippen molar-refractivity contribution in [3.63, 3.8) is 0 Å². The molecule has 22 heavy (non-hydrogen) atoms. The molecule has 1 aromatic carbocycles. The van der Waals surface area contributed by atoms with Crippen LogP contribution in [0.4, 0.5) is 13.2 Å². The smallest absolute Gasteiger partial charge is 0.401 e. The van der Waals surface area contributed by atoms with Gasteiger partial charge in [-0.2, -0.15) is 13.2 Å². The van der Waals surface area contributed by atoms with E-state index in [1.165, 1.54) is 31.4 Å². The van der Waals surface area contributed by atoms with Gasteiger partial charge >= 0.3 is 12.1 Å². The summed E-state index contributed by atoms with van der Waals surface area (Å²) in [5.41, 5.74) is -1.96. The molecule has 3 nitrogen and oxygen atoms in total. The van der Waals surface area contributed by atoms with Crippen molar-refractivity contribution >= 4 is 11.8 Å². The summed E-state index contributed by atoms with van der Waals surface area (Å²) < 4.78 is 44.8. The molecule has 0 fully saturated rings. The molecule has 0 aliphatic heterocycles. The van der Waals surface area contributed by atoms with Crippen LogP contribution >= 0.6 is 0 Å². The maximum atomic E-state index is 13.4. The molecule has 0 aliphatic rings. The highest BCUT2D eigenvalue weighted by atomic mass is 19.4. The van der Waals surface area contributed by atoms with Gasteiger partial charge in [0.05, 0.1) is 12.7 Å². The van der Waals surface area contributed by atoms with E-state index >= 15 is 0 Å². The molecule has 0 N–H and O–H groups in total. The van der Waals surface area contributed by atoms with Crippen LogP contribution in [0.5, 0.6) is 0 Å². The Morgan fingerprint density at radius 3 is 2.14 bits per heavy atom.